The highest BCUT2D eigenvalue weighted by Gasteiger charge is 2.53. The van der Waals surface area contributed by atoms with E-state index in [-0.39, 0.29) is 40.7 Å². The number of allylic oxidation sites excluding steroid dienone is 7. The summed E-state index contributed by atoms with van der Waals surface area (Å²) >= 11 is 0. The van der Waals surface area contributed by atoms with Gasteiger partial charge in [0.1, 0.15) is 11.5 Å². The van der Waals surface area contributed by atoms with Gasteiger partial charge in [0.25, 0.3) is 0 Å². The van der Waals surface area contributed by atoms with Crippen molar-refractivity contribution in [2.24, 2.45) is 16.7 Å². The molecule has 4 aliphatic carbocycles. The number of rotatable bonds is 1. The van der Waals surface area contributed by atoms with E-state index >= 15 is 0 Å². The van der Waals surface area contributed by atoms with Crippen molar-refractivity contribution in [2.45, 2.75) is 47.5 Å². The van der Waals surface area contributed by atoms with Gasteiger partial charge in [-0.25, -0.2) is 0 Å². The lowest BCUT2D eigenvalue weighted by Crippen LogP contribution is -2.42. The number of Topliss-reactive ketones (excluding diaryl/α,β-unsaturated/α-hetero) is 2. The maximum Gasteiger partial charge on any atom is 0.186 e. The Balaban J connectivity index is 1.67. The van der Waals surface area contributed by atoms with E-state index in [9.17, 15) is 24.6 Å². The Hall–Kier alpha value is -3.99. The van der Waals surface area contributed by atoms with Crippen LogP contribution in [0.4, 0.5) is 0 Å². The molecule has 5 heteroatoms. The van der Waals surface area contributed by atoms with Crippen molar-refractivity contribution in [3.8, 4) is 11.5 Å². The molecule has 0 heterocycles. The quantitative estimate of drug-likeness (QED) is 0.483. The lowest BCUT2D eigenvalue weighted by molar-refractivity contribution is -0.127. The van der Waals surface area contributed by atoms with Crippen LogP contribution in [0.25, 0.3) is 11.6 Å². The van der Waals surface area contributed by atoms with Crippen LogP contribution in [0.1, 0.15) is 71.8 Å². The Morgan fingerprint density at radius 1 is 0.789 bits per heavy atom. The first kappa shape index (κ1) is 24.4. The molecule has 2 aromatic carbocycles. The number of hydrogen-bond donors (Lipinski definition) is 2. The predicted molar refractivity (Wildman–Crippen MR) is 146 cm³/mol. The molecule has 0 aliphatic heterocycles. The molecule has 2 atom stereocenters. The fourth-order valence-corrected chi connectivity index (χ4v) is 6.62. The van der Waals surface area contributed by atoms with Gasteiger partial charge in [0, 0.05) is 28.0 Å². The highest BCUT2D eigenvalue weighted by molar-refractivity contribution is 6.30. The van der Waals surface area contributed by atoms with Crippen LogP contribution in [0.2, 0.25) is 0 Å². The number of hydrogen-bond acceptors (Lipinski definition) is 5. The van der Waals surface area contributed by atoms with Crippen molar-refractivity contribution in [2.75, 3.05) is 0 Å². The van der Waals surface area contributed by atoms with E-state index in [4.69, 9.17) is 0 Å². The van der Waals surface area contributed by atoms with Crippen LogP contribution >= 0.6 is 0 Å². The van der Waals surface area contributed by atoms with Gasteiger partial charge < -0.3 is 10.2 Å². The molecule has 0 fully saturated rings. The highest BCUT2D eigenvalue weighted by atomic mass is 16.3. The first-order chi connectivity index (χ1) is 17.7. The summed E-state index contributed by atoms with van der Waals surface area (Å²) in [6, 6.07) is 6.89. The summed E-state index contributed by atoms with van der Waals surface area (Å²) in [7, 11) is 0. The summed E-state index contributed by atoms with van der Waals surface area (Å²) in [5.41, 5.74) is 4.06. The van der Waals surface area contributed by atoms with E-state index in [0.29, 0.717) is 39.0 Å². The van der Waals surface area contributed by atoms with Crippen molar-refractivity contribution in [3.05, 3.63) is 92.6 Å². The van der Waals surface area contributed by atoms with Gasteiger partial charge in [-0.05, 0) is 103 Å². The van der Waals surface area contributed by atoms with E-state index in [2.05, 4.69) is 6.08 Å². The number of aromatic hydroxyl groups is 2. The number of carbonyl (C=O) groups is 3. The molecule has 4 aliphatic rings. The number of fused-ring (bicyclic) bond motifs is 6. The van der Waals surface area contributed by atoms with E-state index in [1.165, 1.54) is 6.08 Å². The molecule has 6 rings (SSSR count). The minimum Gasteiger partial charge on any atom is -0.508 e. The van der Waals surface area contributed by atoms with Crippen LogP contribution in [0.3, 0.4) is 0 Å². The molecule has 0 aromatic heterocycles. The third kappa shape index (κ3) is 3.02. The molecule has 5 nitrogen and oxygen atoms in total. The van der Waals surface area contributed by atoms with E-state index < -0.39 is 10.8 Å². The summed E-state index contributed by atoms with van der Waals surface area (Å²) in [4.78, 5) is 41.4. The Morgan fingerprint density at radius 2 is 1.45 bits per heavy atom. The lowest BCUT2D eigenvalue weighted by Gasteiger charge is -2.43. The molecule has 2 unspecified atom stereocenters. The highest BCUT2D eigenvalue weighted by Crippen LogP contribution is 2.57. The summed E-state index contributed by atoms with van der Waals surface area (Å²) in [6.07, 6.45) is 7.48. The first-order valence-corrected chi connectivity index (χ1v) is 12.9. The normalized spacial score (nSPS) is 24.4. The summed E-state index contributed by atoms with van der Waals surface area (Å²) in [6.45, 7) is 10.9. The first-order valence-electron chi connectivity index (χ1n) is 12.9. The minimum absolute atomic E-state index is 0.0309. The predicted octanol–water partition coefficient (Wildman–Crippen LogP) is 6.16. The molecule has 0 saturated carbocycles. The van der Waals surface area contributed by atoms with E-state index in [0.717, 1.165) is 16.7 Å². The smallest absolute Gasteiger partial charge is 0.186 e. The zero-order valence-electron chi connectivity index (χ0n) is 22.4. The molecule has 2 aromatic rings. The Kier molecular flexibility index (Phi) is 4.83. The second-order valence-corrected chi connectivity index (χ2v) is 12.1. The van der Waals surface area contributed by atoms with Crippen molar-refractivity contribution in [1.29, 1.82) is 0 Å². The van der Waals surface area contributed by atoms with Gasteiger partial charge >= 0.3 is 0 Å². The second kappa shape index (κ2) is 7.53. The van der Waals surface area contributed by atoms with Crippen LogP contribution < -0.4 is 0 Å². The molecular weight excluding hydrogens is 476 g/mol. The van der Waals surface area contributed by atoms with Gasteiger partial charge in [-0.3, -0.25) is 14.4 Å². The lowest BCUT2D eigenvalue weighted by atomic mass is 9.59. The third-order valence-electron chi connectivity index (χ3n) is 9.04. The topological polar surface area (TPSA) is 91.7 Å². The molecule has 0 spiro atoms. The number of ketones is 3. The molecule has 0 amide bonds. The Labute approximate surface area is 221 Å². The number of benzene rings is 2. The van der Waals surface area contributed by atoms with Gasteiger partial charge in [-0.1, -0.05) is 32.1 Å². The van der Waals surface area contributed by atoms with Gasteiger partial charge in [-0.15, -0.1) is 0 Å². The number of phenols is 2. The summed E-state index contributed by atoms with van der Waals surface area (Å²) < 4.78 is 0. The number of carbonyl (C=O) groups excluding carboxylic acids is 3. The molecule has 0 radical (unpaired) electrons. The van der Waals surface area contributed by atoms with Crippen molar-refractivity contribution >= 4 is 29.0 Å². The molecule has 192 valence electrons. The summed E-state index contributed by atoms with van der Waals surface area (Å²) in [5, 5.41) is 21.1. The van der Waals surface area contributed by atoms with Crippen molar-refractivity contribution < 1.29 is 24.6 Å². The van der Waals surface area contributed by atoms with Crippen LogP contribution in [0, 0.1) is 30.6 Å². The van der Waals surface area contributed by atoms with Crippen molar-refractivity contribution in [1.82, 2.24) is 0 Å². The monoisotopic (exact) mass is 506 g/mol. The van der Waals surface area contributed by atoms with Crippen LogP contribution in [-0.2, 0) is 9.59 Å². The van der Waals surface area contributed by atoms with Gasteiger partial charge in [0.2, 0.25) is 0 Å². The van der Waals surface area contributed by atoms with Crippen LogP contribution in [-0.4, -0.2) is 27.6 Å². The average Bonchev–Trinajstić information content (AvgIpc) is 3.04. The average molecular weight is 507 g/mol. The van der Waals surface area contributed by atoms with Gasteiger partial charge in [0.15, 0.2) is 17.3 Å². The molecular formula is C33H30O5. The van der Waals surface area contributed by atoms with Gasteiger partial charge in [-0.2, -0.15) is 0 Å². The molecule has 0 bridgehead atoms. The fourth-order valence-electron chi connectivity index (χ4n) is 6.62. The fraction of sp³-hybridized carbons (Fsp3) is 0.303. The zero-order valence-corrected chi connectivity index (χ0v) is 22.4. The number of aryl methyl sites for hydroxylation is 2. The van der Waals surface area contributed by atoms with E-state index in [1.54, 1.807) is 39.0 Å². The maximum atomic E-state index is 14.2. The van der Waals surface area contributed by atoms with E-state index in [1.807, 2.05) is 39.0 Å². The molecule has 0 saturated heterocycles. The van der Waals surface area contributed by atoms with Gasteiger partial charge in [0.05, 0.1) is 5.41 Å². The summed E-state index contributed by atoms with van der Waals surface area (Å²) in [5.74, 6) is -0.715. The van der Waals surface area contributed by atoms with Crippen LogP contribution in [0.15, 0.2) is 59.2 Å². The largest absolute Gasteiger partial charge is 0.508 e. The van der Waals surface area contributed by atoms with Crippen molar-refractivity contribution in [3.63, 3.8) is 0 Å². The second-order valence-electron chi connectivity index (χ2n) is 12.1. The maximum absolute atomic E-state index is 14.2. The molecule has 38 heavy (non-hydrogen) atoms. The minimum atomic E-state index is -1.01. The Bertz CT molecular complexity index is 1650. The Morgan fingerprint density at radius 3 is 2.16 bits per heavy atom. The third-order valence-corrected chi connectivity index (χ3v) is 9.04. The number of phenolic OH excluding ortho intramolecular Hbond substituents is 2. The standard InChI is InChI=1S/C33H30O5/c1-15-9-17-7-8-23-19(18(17)12-25(15)34)11-22(30(37)32(23,3)4)29-28-21-13-26(35)16(2)10-20(21)27(36)14-24(28)33(5,6)31(29)38/h7-14,19,23,34-35H,1-6H3. The SMILES string of the molecule is Cc1cc2c(cc1O)C1=C(C3=CC4c5cc(O)c(C)cc5C=CC4C(C)(C)C3=O)C(=O)C(C)(C)C1=CC2=O. The zero-order chi connectivity index (χ0) is 27.5. The van der Waals surface area contributed by atoms with Crippen LogP contribution in [0.5, 0.6) is 11.5 Å². The molecule has 2 N–H and O–H groups in total.